The molecule has 1 aliphatic rings. The van der Waals surface area contributed by atoms with Gasteiger partial charge in [-0.15, -0.1) is 0 Å². The zero-order valence-corrected chi connectivity index (χ0v) is 7.33. The number of nitrogens with one attached hydrogen (secondary N) is 1. The zero-order chi connectivity index (χ0) is 9.14. The van der Waals surface area contributed by atoms with Crippen molar-refractivity contribution < 1.29 is 9.59 Å². The highest BCUT2D eigenvalue weighted by atomic mass is 16.2. The molecular formula is C7H13N3O2. The van der Waals surface area contributed by atoms with Crippen molar-refractivity contribution in [3.8, 4) is 0 Å². The van der Waals surface area contributed by atoms with Crippen molar-refractivity contribution in [3.05, 3.63) is 0 Å². The summed E-state index contributed by atoms with van der Waals surface area (Å²) in [6.45, 7) is 1.18. The molecule has 0 aromatic rings. The number of carbonyl (C=O) groups is 2. The standard InChI is InChI=1S/C7H13N3O2/c1-9(2)7(12)10-5-3-4-8-6(10)11/h3-5H2,1-2H3,(H,8,11). The van der Waals surface area contributed by atoms with Gasteiger partial charge in [0.25, 0.3) is 0 Å². The predicted molar refractivity (Wildman–Crippen MR) is 43.8 cm³/mol. The summed E-state index contributed by atoms with van der Waals surface area (Å²) < 4.78 is 0. The number of carbonyl (C=O) groups excluding carboxylic acids is 2. The van der Waals surface area contributed by atoms with Gasteiger partial charge in [-0.05, 0) is 6.42 Å². The first-order chi connectivity index (χ1) is 5.63. The highest BCUT2D eigenvalue weighted by molar-refractivity contribution is 5.93. The maximum absolute atomic E-state index is 11.3. The lowest BCUT2D eigenvalue weighted by molar-refractivity contribution is 0.161. The Morgan fingerprint density at radius 1 is 1.58 bits per heavy atom. The Kier molecular flexibility index (Phi) is 2.52. The third-order valence-corrected chi connectivity index (χ3v) is 1.69. The van der Waals surface area contributed by atoms with Gasteiger partial charge in [0.1, 0.15) is 0 Å². The van der Waals surface area contributed by atoms with Crippen LogP contribution >= 0.6 is 0 Å². The molecule has 1 fully saturated rings. The van der Waals surface area contributed by atoms with Crippen LogP contribution in [0.15, 0.2) is 0 Å². The van der Waals surface area contributed by atoms with E-state index in [-0.39, 0.29) is 12.1 Å². The number of rotatable bonds is 0. The Hall–Kier alpha value is -1.26. The van der Waals surface area contributed by atoms with Gasteiger partial charge < -0.3 is 10.2 Å². The Balaban J connectivity index is 2.60. The van der Waals surface area contributed by atoms with Crippen molar-refractivity contribution in [1.29, 1.82) is 0 Å². The van der Waals surface area contributed by atoms with Crippen LogP contribution in [0.25, 0.3) is 0 Å². The van der Waals surface area contributed by atoms with Crippen LogP contribution in [0.1, 0.15) is 6.42 Å². The number of urea groups is 2. The van der Waals surface area contributed by atoms with Crippen LogP contribution in [0.5, 0.6) is 0 Å². The molecule has 5 heteroatoms. The van der Waals surface area contributed by atoms with E-state index in [0.29, 0.717) is 13.1 Å². The van der Waals surface area contributed by atoms with Crippen LogP contribution in [0.4, 0.5) is 9.59 Å². The summed E-state index contributed by atoms with van der Waals surface area (Å²) in [6.07, 6.45) is 0.825. The summed E-state index contributed by atoms with van der Waals surface area (Å²) in [7, 11) is 3.26. The van der Waals surface area contributed by atoms with Crippen molar-refractivity contribution >= 4 is 12.1 Å². The molecule has 0 atom stereocenters. The smallest absolute Gasteiger partial charge is 0.327 e. The lowest BCUT2D eigenvalue weighted by Gasteiger charge is -2.27. The number of amides is 4. The van der Waals surface area contributed by atoms with E-state index in [9.17, 15) is 9.59 Å². The van der Waals surface area contributed by atoms with Gasteiger partial charge in [-0.2, -0.15) is 0 Å². The summed E-state index contributed by atoms with van der Waals surface area (Å²) in [5, 5.41) is 2.61. The van der Waals surface area contributed by atoms with Gasteiger partial charge in [0.15, 0.2) is 0 Å². The molecule has 0 saturated carbocycles. The van der Waals surface area contributed by atoms with Crippen molar-refractivity contribution in [1.82, 2.24) is 15.1 Å². The number of nitrogens with zero attached hydrogens (tertiary/aromatic N) is 2. The molecule has 0 bridgehead atoms. The maximum Gasteiger partial charge on any atom is 0.327 e. The fraction of sp³-hybridized carbons (Fsp3) is 0.714. The van der Waals surface area contributed by atoms with Gasteiger partial charge in [-0.1, -0.05) is 0 Å². The van der Waals surface area contributed by atoms with Crippen molar-refractivity contribution in [2.75, 3.05) is 27.2 Å². The summed E-state index contributed by atoms with van der Waals surface area (Å²) in [5.41, 5.74) is 0. The second-order valence-electron chi connectivity index (χ2n) is 2.91. The van der Waals surface area contributed by atoms with Crippen LogP contribution in [-0.4, -0.2) is 49.0 Å². The van der Waals surface area contributed by atoms with Gasteiger partial charge in [0.05, 0.1) is 0 Å². The molecule has 12 heavy (non-hydrogen) atoms. The minimum absolute atomic E-state index is 0.257. The normalized spacial score (nSPS) is 17.2. The van der Waals surface area contributed by atoms with E-state index in [1.165, 1.54) is 9.80 Å². The Labute approximate surface area is 71.3 Å². The molecule has 0 spiro atoms. The Morgan fingerprint density at radius 2 is 2.25 bits per heavy atom. The molecule has 0 unspecified atom stereocenters. The van der Waals surface area contributed by atoms with Gasteiger partial charge in [0.2, 0.25) is 0 Å². The molecule has 1 rings (SSSR count). The van der Waals surface area contributed by atoms with Crippen LogP contribution in [0.3, 0.4) is 0 Å². The van der Waals surface area contributed by atoms with E-state index in [1.54, 1.807) is 14.1 Å². The molecule has 5 nitrogen and oxygen atoms in total. The molecular weight excluding hydrogens is 158 g/mol. The number of hydrogen-bond donors (Lipinski definition) is 1. The minimum Gasteiger partial charge on any atom is -0.338 e. The molecule has 68 valence electrons. The Bertz CT molecular complexity index is 203. The van der Waals surface area contributed by atoms with Crippen LogP contribution < -0.4 is 5.32 Å². The topological polar surface area (TPSA) is 52.7 Å². The predicted octanol–water partition coefficient (Wildman–Crippen LogP) is 0.0833. The number of hydrogen-bond acceptors (Lipinski definition) is 2. The summed E-state index contributed by atoms with van der Waals surface area (Å²) in [5.74, 6) is 0. The van der Waals surface area contributed by atoms with Crippen LogP contribution in [0.2, 0.25) is 0 Å². The first-order valence-corrected chi connectivity index (χ1v) is 3.89. The Morgan fingerprint density at radius 3 is 2.75 bits per heavy atom. The third-order valence-electron chi connectivity index (χ3n) is 1.69. The molecule has 1 heterocycles. The molecule has 0 radical (unpaired) electrons. The molecule has 1 saturated heterocycles. The van der Waals surface area contributed by atoms with E-state index in [2.05, 4.69) is 5.32 Å². The SMILES string of the molecule is CN(C)C(=O)N1CCCNC1=O. The first kappa shape index (κ1) is 8.83. The molecule has 0 aromatic heterocycles. The van der Waals surface area contributed by atoms with E-state index in [1.807, 2.05) is 0 Å². The summed E-state index contributed by atoms with van der Waals surface area (Å²) in [4.78, 5) is 25.0. The lowest BCUT2D eigenvalue weighted by atomic mass is 10.3. The highest BCUT2D eigenvalue weighted by Crippen LogP contribution is 2.01. The molecule has 0 aliphatic carbocycles. The monoisotopic (exact) mass is 171 g/mol. The van der Waals surface area contributed by atoms with E-state index in [4.69, 9.17) is 0 Å². The molecule has 1 N–H and O–H groups in total. The molecule has 4 amide bonds. The average molecular weight is 171 g/mol. The number of imide groups is 1. The second kappa shape index (κ2) is 3.42. The van der Waals surface area contributed by atoms with E-state index >= 15 is 0 Å². The third kappa shape index (κ3) is 1.66. The summed E-state index contributed by atoms with van der Waals surface area (Å²) in [6, 6.07) is -0.549. The maximum atomic E-state index is 11.3. The van der Waals surface area contributed by atoms with Gasteiger partial charge >= 0.3 is 12.1 Å². The van der Waals surface area contributed by atoms with Gasteiger partial charge in [0, 0.05) is 27.2 Å². The fourth-order valence-electron chi connectivity index (χ4n) is 1.05. The van der Waals surface area contributed by atoms with E-state index in [0.717, 1.165) is 6.42 Å². The average Bonchev–Trinajstić information content (AvgIpc) is 2.04. The van der Waals surface area contributed by atoms with Gasteiger partial charge in [-0.25, -0.2) is 14.5 Å². The van der Waals surface area contributed by atoms with Crippen molar-refractivity contribution in [3.63, 3.8) is 0 Å². The first-order valence-electron chi connectivity index (χ1n) is 3.89. The summed E-state index contributed by atoms with van der Waals surface area (Å²) >= 11 is 0. The fourth-order valence-corrected chi connectivity index (χ4v) is 1.05. The van der Waals surface area contributed by atoms with Crippen molar-refractivity contribution in [2.45, 2.75) is 6.42 Å². The van der Waals surface area contributed by atoms with Crippen LogP contribution in [-0.2, 0) is 0 Å². The molecule has 0 aromatic carbocycles. The quantitative estimate of drug-likeness (QED) is 0.561. The van der Waals surface area contributed by atoms with Crippen molar-refractivity contribution in [2.24, 2.45) is 0 Å². The highest BCUT2D eigenvalue weighted by Gasteiger charge is 2.24. The van der Waals surface area contributed by atoms with Gasteiger partial charge in [-0.3, -0.25) is 0 Å². The lowest BCUT2D eigenvalue weighted by Crippen LogP contribution is -2.52. The zero-order valence-electron chi connectivity index (χ0n) is 7.33. The second-order valence-corrected chi connectivity index (χ2v) is 2.91. The minimum atomic E-state index is -0.292. The largest absolute Gasteiger partial charge is 0.338 e. The van der Waals surface area contributed by atoms with Crippen LogP contribution in [0, 0.1) is 0 Å². The molecule has 1 aliphatic heterocycles. The van der Waals surface area contributed by atoms with E-state index < -0.39 is 0 Å².